The van der Waals surface area contributed by atoms with E-state index in [4.69, 9.17) is 9.47 Å². The van der Waals surface area contributed by atoms with Crippen LogP contribution in [-0.2, 0) is 14.8 Å². The number of benzene rings is 3. The van der Waals surface area contributed by atoms with E-state index in [9.17, 15) is 13.2 Å². The van der Waals surface area contributed by atoms with Crippen LogP contribution >= 0.6 is 0 Å². The highest BCUT2D eigenvalue weighted by Gasteiger charge is 2.28. The molecule has 0 spiro atoms. The lowest BCUT2D eigenvalue weighted by molar-refractivity contribution is -0.119. The van der Waals surface area contributed by atoms with Gasteiger partial charge in [0.15, 0.2) is 11.5 Å². The fourth-order valence-electron chi connectivity index (χ4n) is 3.32. The molecule has 0 fully saturated rings. The maximum atomic E-state index is 13.4. The van der Waals surface area contributed by atoms with E-state index in [1.54, 1.807) is 55.5 Å². The van der Waals surface area contributed by atoms with Crippen LogP contribution in [0.3, 0.4) is 0 Å². The Hall–Kier alpha value is -3.85. The molecule has 0 bridgehead atoms. The van der Waals surface area contributed by atoms with Crippen molar-refractivity contribution < 1.29 is 22.7 Å². The minimum Gasteiger partial charge on any atom is -0.454 e. The Morgan fingerprint density at radius 1 is 1.03 bits per heavy atom. The van der Waals surface area contributed by atoms with Gasteiger partial charge in [0.2, 0.25) is 6.79 Å². The number of amides is 1. The summed E-state index contributed by atoms with van der Waals surface area (Å²) in [6.45, 7) is 3.40. The normalized spacial score (nSPS) is 12.7. The molecular weight excluding hydrogens is 442 g/mol. The molecule has 1 N–H and O–H groups in total. The number of hydrogen-bond acceptors (Lipinski definition) is 6. The smallest absolute Gasteiger partial charge is 0.264 e. The number of nitrogens with one attached hydrogen (secondary N) is 1. The molecule has 1 aliphatic heterocycles. The summed E-state index contributed by atoms with van der Waals surface area (Å²) in [7, 11) is -3.98. The second kappa shape index (κ2) is 9.33. The first kappa shape index (κ1) is 22.3. The van der Waals surface area contributed by atoms with Crippen LogP contribution in [0.15, 0.2) is 76.7 Å². The summed E-state index contributed by atoms with van der Waals surface area (Å²) in [5, 5.41) is 3.96. The Morgan fingerprint density at radius 3 is 2.52 bits per heavy atom. The molecule has 1 amide bonds. The van der Waals surface area contributed by atoms with Crippen molar-refractivity contribution in [1.82, 2.24) is 5.43 Å². The Morgan fingerprint density at radius 2 is 1.76 bits per heavy atom. The monoisotopic (exact) mass is 465 g/mol. The minimum atomic E-state index is -3.98. The largest absolute Gasteiger partial charge is 0.454 e. The first-order valence-corrected chi connectivity index (χ1v) is 11.7. The lowest BCUT2D eigenvalue weighted by Crippen LogP contribution is -2.40. The molecule has 3 aromatic rings. The SMILES string of the molecule is Cc1ccc(S(=O)(=O)N(CC(=O)N/N=C/c2ccc3c(c2)OCO3)c2ccccc2C)cc1. The second-order valence-electron chi connectivity index (χ2n) is 7.52. The molecule has 0 aromatic heterocycles. The zero-order valence-corrected chi connectivity index (χ0v) is 19.0. The van der Waals surface area contributed by atoms with Crippen LogP contribution in [-0.4, -0.2) is 33.9 Å². The number of aryl methyl sites for hydroxylation is 2. The maximum Gasteiger partial charge on any atom is 0.264 e. The lowest BCUT2D eigenvalue weighted by atomic mass is 10.2. The quantitative estimate of drug-likeness (QED) is 0.426. The van der Waals surface area contributed by atoms with Crippen molar-refractivity contribution in [3.8, 4) is 11.5 Å². The van der Waals surface area contributed by atoms with Gasteiger partial charge in [-0.2, -0.15) is 5.10 Å². The molecule has 170 valence electrons. The number of hydrogen-bond donors (Lipinski definition) is 1. The highest BCUT2D eigenvalue weighted by molar-refractivity contribution is 7.92. The van der Waals surface area contributed by atoms with E-state index in [2.05, 4.69) is 10.5 Å². The average Bonchev–Trinajstić information content (AvgIpc) is 3.26. The zero-order chi connectivity index (χ0) is 23.4. The zero-order valence-electron chi connectivity index (χ0n) is 18.2. The standard InChI is InChI=1S/C24H23N3O5S/c1-17-7-10-20(11-8-17)33(29,30)27(21-6-4-3-5-18(21)2)15-24(28)26-25-14-19-9-12-22-23(13-19)32-16-31-22/h3-14H,15-16H2,1-2H3,(H,26,28)/b25-14+. The molecule has 3 aromatic carbocycles. The maximum absolute atomic E-state index is 13.4. The summed E-state index contributed by atoms with van der Waals surface area (Å²) in [6, 6.07) is 18.8. The molecule has 4 rings (SSSR count). The fraction of sp³-hybridized carbons (Fsp3) is 0.167. The van der Waals surface area contributed by atoms with Crippen molar-refractivity contribution in [2.75, 3.05) is 17.6 Å². The summed E-state index contributed by atoms with van der Waals surface area (Å²) in [5.74, 6) is 0.664. The number of rotatable bonds is 7. The molecule has 0 saturated heterocycles. The van der Waals surface area contributed by atoms with E-state index >= 15 is 0 Å². The van der Waals surface area contributed by atoms with Gasteiger partial charge < -0.3 is 9.47 Å². The summed E-state index contributed by atoms with van der Waals surface area (Å²) in [6.07, 6.45) is 1.45. The summed E-state index contributed by atoms with van der Waals surface area (Å²) < 4.78 is 38.5. The van der Waals surface area contributed by atoms with Gasteiger partial charge in [-0.05, 0) is 61.4 Å². The van der Waals surface area contributed by atoms with Gasteiger partial charge in [0.05, 0.1) is 16.8 Å². The number of carbonyl (C=O) groups is 1. The van der Waals surface area contributed by atoms with Crippen LogP contribution in [0.4, 0.5) is 5.69 Å². The third kappa shape index (κ3) is 4.98. The van der Waals surface area contributed by atoms with Crippen molar-refractivity contribution in [3.63, 3.8) is 0 Å². The fourth-order valence-corrected chi connectivity index (χ4v) is 4.80. The summed E-state index contributed by atoms with van der Waals surface area (Å²) in [5.41, 5.74) is 5.19. The van der Waals surface area contributed by atoms with Crippen LogP contribution in [0.25, 0.3) is 0 Å². The molecule has 9 heteroatoms. The third-order valence-electron chi connectivity index (χ3n) is 5.08. The van der Waals surface area contributed by atoms with Gasteiger partial charge in [-0.25, -0.2) is 13.8 Å². The molecule has 0 atom stereocenters. The van der Waals surface area contributed by atoms with Crippen molar-refractivity contribution in [2.24, 2.45) is 5.10 Å². The number of para-hydroxylation sites is 1. The predicted octanol–water partition coefficient (Wildman–Crippen LogP) is 3.38. The van der Waals surface area contributed by atoms with E-state index in [-0.39, 0.29) is 11.7 Å². The molecule has 0 saturated carbocycles. The van der Waals surface area contributed by atoms with Gasteiger partial charge in [0.1, 0.15) is 6.54 Å². The van der Waals surface area contributed by atoms with Crippen LogP contribution in [0.5, 0.6) is 11.5 Å². The topological polar surface area (TPSA) is 97.3 Å². The van der Waals surface area contributed by atoms with Crippen LogP contribution in [0.1, 0.15) is 16.7 Å². The predicted molar refractivity (Wildman–Crippen MR) is 125 cm³/mol. The molecule has 1 aliphatic rings. The highest BCUT2D eigenvalue weighted by Crippen LogP contribution is 2.32. The van der Waals surface area contributed by atoms with E-state index in [1.165, 1.54) is 18.3 Å². The number of anilines is 1. The average molecular weight is 466 g/mol. The molecule has 33 heavy (non-hydrogen) atoms. The minimum absolute atomic E-state index is 0.105. The number of hydrazone groups is 1. The number of ether oxygens (including phenoxy) is 2. The Balaban J connectivity index is 1.54. The molecule has 1 heterocycles. The summed E-state index contributed by atoms with van der Waals surface area (Å²) >= 11 is 0. The van der Waals surface area contributed by atoms with Crippen LogP contribution in [0, 0.1) is 13.8 Å². The van der Waals surface area contributed by atoms with Crippen molar-refractivity contribution in [1.29, 1.82) is 0 Å². The lowest BCUT2D eigenvalue weighted by Gasteiger charge is -2.25. The van der Waals surface area contributed by atoms with Gasteiger partial charge in [0, 0.05) is 0 Å². The number of nitrogens with zero attached hydrogens (tertiary/aromatic N) is 2. The van der Waals surface area contributed by atoms with Crippen LogP contribution < -0.4 is 19.2 Å². The van der Waals surface area contributed by atoms with E-state index < -0.39 is 22.5 Å². The first-order chi connectivity index (χ1) is 15.8. The summed E-state index contributed by atoms with van der Waals surface area (Å²) in [4.78, 5) is 12.8. The van der Waals surface area contributed by atoms with E-state index in [0.29, 0.717) is 22.7 Å². The Kier molecular flexibility index (Phi) is 6.32. The van der Waals surface area contributed by atoms with E-state index in [0.717, 1.165) is 15.4 Å². The first-order valence-electron chi connectivity index (χ1n) is 10.2. The molecule has 0 unspecified atom stereocenters. The van der Waals surface area contributed by atoms with E-state index in [1.807, 2.05) is 13.0 Å². The van der Waals surface area contributed by atoms with Gasteiger partial charge in [-0.1, -0.05) is 35.9 Å². The van der Waals surface area contributed by atoms with Gasteiger partial charge in [0.25, 0.3) is 15.9 Å². The highest BCUT2D eigenvalue weighted by atomic mass is 32.2. The molecule has 8 nitrogen and oxygen atoms in total. The second-order valence-corrected chi connectivity index (χ2v) is 9.38. The number of sulfonamides is 1. The van der Waals surface area contributed by atoms with Gasteiger partial charge in [-0.15, -0.1) is 0 Å². The van der Waals surface area contributed by atoms with Crippen molar-refractivity contribution in [2.45, 2.75) is 18.7 Å². The van der Waals surface area contributed by atoms with Gasteiger partial charge >= 0.3 is 0 Å². The molecule has 0 radical (unpaired) electrons. The number of fused-ring (bicyclic) bond motifs is 1. The third-order valence-corrected chi connectivity index (χ3v) is 6.85. The molecular formula is C24H23N3O5S. The van der Waals surface area contributed by atoms with Crippen molar-refractivity contribution >= 4 is 27.8 Å². The van der Waals surface area contributed by atoms with Crippen LogP contribution in [0.2, 0.25) is 0 Å². The number of carbonyl (C=O) groups excluding carboxylic acids is 1. The molecule has 0 aliphatic carbocycles. The van der Waals surface area contributed by atoms with Crippen molar-refractivity contribution in [3.05, 3.63) is 83.4 Å². The Labute approximate surface area is 192 Å². The van der Waals surface area contributed by atoms with Gasteiger partial charge in [-0.3, -0.25) is 9.10 Å². The Bertz CT molecular complexity index is 1300.